The predicted molar refractivity (Wildman–Crippen MR) is 87.0 cm³/mol. The minimum atomic E-state index is 0.348. The Hall–Kier alpha value is -1.35. The number of carbonyl (C=O) groups is 1. The smallest absolute Gasteiger partial charge is 0.222 e. The zero-order chi connectivity index (χ0) is 14.9. The van der Waals surface area contributed by atoms with Crippen molar-refractivity contribution < 1.29 is 4.79 Å². The van der Waals surface area contributed by atoms with Gasteiger partial charge >= 0.3 is 0 Å². The molecule has 1 unspecified atom stereocenters. The molecule has 0 saturated carbocycles. The van der Waals surface area contributed by atoms with Crippen molar-refractivity contribution >= 4 is 5.91 Å². The second-order valence-corrected chi connectivity index (χ2v) is 6.03. The van der Waals surface area contributed by atoms with Crippen LogP contribution in [0.4, 0.5) is 0 Å². The Bertz CT molecular complexity index is 418. The van der Waals surface area contributed by atoms with Gasteiger partial charge in [0.2, 0.25) is 5.91 Å². The monoisotopic (exact) mass is 288 g/mol. The molecule has 3 heteroatoms. The molecule has 2 N–H and O–H groups in total. The second kappa shape index (κ2) is 8.83. The van der Waals surface area contributed by atoms with E-state index in [0.717, 1.165) is 58.0 Å². The molecular weight excluding hydrogens is 260 g/mol. The molecule has 0 aliphatic carbocycles. The highest BCUT2D eigenvalue weighted by atomic mass is 16.2. The van der Waals surface area contributed by atoms with Gasteiger partial charge in [0.05, 0.1) is 0 Å². The van der Waals surface area contributed by atoms with Crippen LogP contribution in [0, 0.1) is 0 Å². The normalized spacial score (nSPS) is 18.1. The summed E-state index contributed by atoms with van der Waals surface area (Å²) in [5, 5.41) is 0. The summed E-state index contributed by atoms with van der Waals surface area (Å²) in [5.41, 5.74) is 6.82. The van der Waals surface area contributed by atoms with E-state index in [2.05, 4.69) is 29.2 Å². The minimum absolute atomic E-state index is 0.348. The lowest BCUT2D eigenvalue weighted by atomic mass is 10.0. The maximum absolute atomic E-state index is 12.4. The SMILES string of the molecule is NCCCCCCC(=O)N1CCCC1Cc1ccccc1. The van der Waals surface area contributed by atoms with Gasteiger partial charge in [-0.3, -0.25) is 4.79 Å². The minimum Gasteiger partial charge on any atom is -0.339 e. The molecule has 1 atom stereocenters. The third-order valence-corrected chi connectivity index (χ3v) is 4.36. The summed E-state index contributed by atoms with van der Waals surface area (Å²) >= 11 is 0. The molecular formula is C18H28N2O. The van der Waals surface area contributed by atoms with Crippen LogP contribution in [-0.2, 0) is 11.2 Å². The summed E-state index contributed by atoms with van der Waals surface area (Å²) in [6, 6.07) is 10.9. The van der Waals surface area contributed by atoms with E-state index in [9.17, 15) is 4.79 Å². The van der Waals surface area contributed by atoms with E-state index in [1.54, 1.807) is 0 Å². The van der Waals surface area contributed by atoms with Crippen molar-refractivity contribution in [2.75, 3.05) is 13.1 Å². The Kier molecular flexibility index (Phi) is 6.74. The van der Waals surface area contributed by atoms with Gasteiger partial charge in [-0.25, -0.2) is 0 Å². The summed E-state index contributed by atoms with van der Waals surface area (Å²) in [5.74, 6) is 0.348. The van der Waals surface area contributed by atoms with Gasteiger partial charge in [-0.15, -0.1) is 0 Å². The quantitative estimate of drug-likeness (QED) is 0.747. The van der Waals surface area contributed by atoms with Crippen LogP contribution in [0.5, 0.6) is 0 Å². The van der Waals surface area contributed by atoms with Crippen LogP contribution < -0.4 is 5.73 Å². The Balaban J connectivity index is 1.77. The highest BCUT2D eigenvalue weighted by Gasteiger charge is 2.28. The summed E-state index contributed by atoms with van der Waals surface area (Å²) in [7, 11) is 0. The summed E-state index contributed by atoms with van der Waals surface area (Å²) in [6.07, 6.45) is 8.36. The fourth-order valence-corrected chi connectivity index (χ4v) is 3.18. The first-order valence-electron chi connectivity index (χ1n) is 8.34. The van der Waals surface area contributed by atoms with Crippen LogP contribution in [0.25, 0.3) is 0 Å². The zero-order valence-corrected chi connectivity index (χ0v) is 13.0. The van der Waals surface area contributed by atoms with E-state index in [0.29, 0.717) is 18.4 Å². The van der Waals surface area contributed by atoms with E-state index in [4.69, 9.17) is 5.73 Å². The van der Waals surface area contributed by atoms with Gasteiger partial charge in [0.1, 0.15) is 0 Å². The van der Waals surface area contributed by atoms with Crippen molar-refractivity contribution in [2.24, 2.45) is 5.73 Å². The van der Waals surface area contributed by atoms with Crippen molar-refractivity contribution in [2.45, 2.75) is 57.4 Å². The van der Waals surface area contributed by atoms with Gasteiger partial charge in [0, 0.05) is 19.0 Å². The lowest BCUT2D eigenvalue weighted by molar-refractivity contribution is -0.132. The highest BCUT2D eigenvalue weighted by molar-refractivity contribution is 5.76. The fourth-order valence-electron chi connectivity index (χ4n) is 3.18. The summed E-state index contributed by atoms with van der Waals surface area (Å²) in [6.45, 7) is 1.71. The number of nitrogens with two attached hydrogens (primary N) is 1. The molecule has 0 radical (unpaired) electrons. The highest BCUT2D eigenvalue weighted by Crippen LogP contribution is 2.22. The fraction of sp³-hybridized carbons (Fsp3) is 0.611. The predicted octanol–water partition coefficient (Wildman–Crippen LogP) is 3.13. The number of amides is 1. The van der Waals surface area contributed by atoms with Crippen LogP contribution in [0.1, 0.15) is 50.5 Å². The average Bonchev–Trinajstić information content (AvgIpc) is 2.96. The largest absolute Gasteiger partial charge is 0.339 e. The molecule has 1 aliphatic rings. The number of likely N-dealkylation sites (tertiary alicyclic amines) is 1. The molecule has 1 saturated heterocycles. The number of carbonyl (C=O) groups excluding carboxylic acids is 1. The molecule has 2 rings (SSSR count). The number of nitrogens with zero attached hydrogens (tertiary/aromatic N) is 1. The number of rotatable bonds is 8. The van der Waals surface area contributed by atoms with Crippen molar-refractivity contribution in [3.63, 3.8) is 0 Å². The molecule has 1 amide bonds. The zero-order valence-electron chi connectivity index (χ0n) is 13.0. The summed E-state index contributed by atoms with van der Waals surface area (Å²) in [4.78, 5) is 14.5. The van der Waals surface area contributed by atoms with Gasteiger partial charge < -0.3 is 10.6 Å². The average molecular weight is 288 g/mol. The third-order valence-electron chi connectivity index (χ3n) is 4.36. The molecule has 1 aromatic rings. The number of hydrogen-bond acceptors (Lipinski definition) is 2. The molecule has 1 heterocycles. The Labute approximate surface area is 128 Å². The molecule has 0 bridgehead atoms. The molecule has 116 valence electrons. The first-order valence-corrected chi connectivity index (χ1v) is 8.34. The molecule has 3 nitrogen and oxygen atoms in total. The topological polar surface area (TPSA) is 46.3 Å². The molecule has 1 aliphatic heterocycles. The van der Waals surface area contributed by atoms with Crippen LogP contribution in [0.15, 0.2) is 30.3 Å². The van der Waals surface area contributed by atoms with Gasteiger partial charge in [0.15, 0.2) is 0 Å². The maximum Gasteiger partial charge on any atom is 0.222 e. The number of unbranched alkanes of at least 4 members (excludes halogenated alkanes) is 3. The standard InChI is InChI=1S/C18H28N2O/c19-13-7-2-1-6-12-18(21)20-14-8-11-17(20)15-16-9-4-3-5-10-16/h3-5,9-10,17H,1-2,6-8,11-15,19H2. The van der Waals surface area contributed by atoms with Crippen LogP contribution in [0.2, 0.25) is 0 Å². The van der Waals surface area contributed by atoms with E-state index >= 15 is 0 Å². The Morgan fingerprint density at radius 3 is 2.67 bits per heavy atom. The summed E-state index contributed by atoms with van der Waals surface area (Å²) < 4.78 is 0. The van der Waals surface area contributed by atoms with Crippen LogP contribution in [0.3, 0.4) is 0 Å². The Morgan fingerprint density at radius 2 is 1.90 bits per heavy atom. The van der Waals surface area contributed by atoms with Gasteiger partial charge in [-0.05, 0) is 44.2 Å². The van der Waals surface area contributed by atoms with Crippen molar-refractivity contribution in [3.8, 4) is 0 Å². The van der Waals surface area contributed by atoms with E-state index in [-0.39, 0.29) is 0 Å². The van der Waals surface area contributed by atoms with Crippen LogP contribution in [-0.4, -0.2) is 29.9 Å². The molecule has 0 spiro atoms. The number of hydrogen-bond donors (Lipinski definition) is 1. The lowest BCUT2D eigenvalue weighted by Crippen LogP contribution is -2.36. The van der Waals surface area contributed by atoms with Crippen molar-refractivity contribution in [1.29, 1.82) is 0 Å². The molecule has 1 aromatic carbocycles. The molecule has 0 aromatic heterocycles. The Morgan fingerprint density at radius 1 is 1.14 bits per heavy atom. The van der Waals surface area contributed by atoms with Crippen molar-refractivity contribution in [1.82, 2.24) is 4.90 Å². The second-order valence-electron chi connectivity index (χ2n) is 6.03. The van der Waals surface area contributed by atoms with Gasteiger partial charge in [-0.2, -0.15) is 0 Å². The van der Waals surface area contributed by atoms with Gasteiger partial charge in [-0.1, -0.05) is 43.2 Å². The number of benzene rings is 1. The lowest BCUT2D eigenvalue weighted by Gasteiger charge is -2.25. The van der Waals surface area contributed by atoms with E-state index < -0.39 is 0 Å². The van der Waals surface area contributed by atoms with Crippen LogP contribution >= 0.6 is 0 Å². The maximum atomic E-state index is 12.4. The van der Waals surface area contributed by atoms with Crippen molar-refractivity contribution in [3.05, 3.63) is 35.9 Å². The van der Waals surface area contributed by atoms with E-state index in [1.165, 1.54) is 5.56 Å². The van der Waals surface area contributed by atoms with Gasteiger partial charge in [0.25, 0.3) is 0 Å². The third kappa shape index (κ3) is 5.16. The first-order chi connectivity index (χ1) is 10.3. The molecule has 21 heavy (non-hydrogen) atoms. The molecule has 1 fully saturated rings. The van der Waals surface area contributed by atoms with E-state index in [1.807, 2.05) is 6.07 Å². The first kappa shape index (κ1) is 16.0.